The second-order valence-corrected chi connectivity index (χ2v) is 6.55. The zero-order valence-corrected chi connectivity index (χ0v) is 12.5. The maximum atomic E-state index is 12.0. The number of thioether (sulfide) groups is 1. The second kappa shape index (κ2) is 5.63. The van der Waals surface area contributed by atoms with Crippen LogP contribution in [0.1, 0.15) is 25.8 Å². The van der Waals surface area contributed by atoms with E-state index in [0.717, 1.165) is 12.8 Å². The van der Waals surface area contributed by atoms with Gasteiger partial charge in [0, 0.05) is 19.0 Å². The fourth-order valence-electron chi connectivity index (χ4n) is 2.28. The molecule has 1 unspecified atom stereocenters. The van der Waals surface area contributed by atoms with Crippen molar-refractivity contribution in [2.45, 2.75) is 31.0 Å². The van der Waals surface area contributed by atoms with E-state index in [1.54, 1.807) is 16.5 Å². The Hall–Kier alpha value is -1.64. The van der Waals surface area contributed by atoms with E-state index in [0.29, 0.717) is 30.0 Å². The summed E-state index contributed by atoms with van der Waals surface area (Å²) in [5.41, 5.74) is 0. The fourth-order valence-corrected chi connectivity index (χ4v) is 3.13. The molecule has 21 heavy (non-hydrogen) atoms. The lowest BCUT2D eigenvalue weighted by Crippen LogP contribution is -2.54. The zero-order chi connectivity index (χ0) is 15.0. The molecule has 1 atom stereocenters. The number of amides is 1. The third-order valence-electron chi connectivity index (χ3n) is 4.04. The monoisotopic (exact) mass is 311 g/mol. The molecule has 1 aromatic rings. The molecule has 0 spiro atoms. The van der Waals surface area contributed by atoms with Crippen molar-refractivity contribution < 1.29 is 14.7 Å². The highest BCUT2D eigenvalue weighted by molar-refractivity contribution is 7.99. The van der Waals surface area contributed by atoms with E-state index < -0.39 is 11.9 Å². The summed E-state index contributed by atoms with van der Waals surface area (Å²) in [6.07, 6.45) is 2.18. The molecule has 0 aromatic carbocycles. The van der Waals surface area contributed by atoms with Crippen molar-refractivity contribution >= 4 is 23.6 Å². The van der Waals surface area contributed by atoms with Gasteiger partial charge in [-0.05, 0) is 23.3 Å². The number of likely N-dealkylation sites (tertiary alicyclic amines) is 1. The van der Waals surface area contributed by atoms with Gasteiger partial charge >= 0.3 is 5.97 Å². The van der Waals surface area contributed by atoms with Gasteiger partial charge in [0.15, 0.2) is 0 Å². The Bertz CT molecular complexity index is 553. The molecule has 1 saturated carbocycles. The minimum atomic E-state index is -0.801. The van der Waals surface area contributed by atoms with Crippen LogP contribution < -0.4 is 0 Å². The molecular weight excluding hydrogens is 294 g/mol. The summed E-state index contributed by atoms with van der Waals surface area (Å²) >= 11 is 1.34. The van der Waals surface area contributed by atoms with Gasteiger partial charge in [-0.25, -0.2) is 4.68 Å². The highest BCUT2D eigenvalue weighted by atomic mass is 32.2. The van der Waals surface area contributed by atoms with Crippen molar-refractivity contribution in [2.24, 2.45) is 11.8 Å². The number of aliphatic carboxylic acids is 1. The maximum Gasteiger partial charge on any atom is 0.306 e. The Balaban J connectivity index is 1.45. The molecule has 114 valence electrons. The van der Waals surface area contributed by atoms with Crippen LogP contribution in [0.4, 0.5) is 0 Å². The quantitative estimate of drug-likeness (QED) is 0.753. The summed E-state index contributed by atoms with van der Waals surface area (Å²) in [7, 11) is 0. The van der Waals surface area contributed by atoms with Crippen LogP contribution in [0.15, 0.2) is 5.16 Å². The minimum Gasteiger partial charge on any atom is -0.481 e. The highest BCUT2D eigenvalue weighted by Crippen LogP contribution is 2.36. The number of carboxylic acid groups (broad SMARTS) is 1. The molecule has 0 radical (unpaired) electrons. The van der Waals surface area contributed by atoms with Crippen molar-refractivity contribution in [3.63, 3.8) is 0 Å². The first-order valence-corrected chi connectivity index (χ1v) is 7.96. The van der Waals surface area contributed by atoms with Gasteiger partial charge in [-0.1, -0.05) is 18.7 Å². The van der Waals surface area contributed by atoms with Gasteiger partial charge < -0.3 is 10.0 Å². The van der Waals surface area contributed by atoms with Gasteiger partial charge in [-0.15, -0.1) is 5.10 Å². The summed E-state index contributed by atoms with van der Waals surface area (Å²) in [4.78, 5) is 24.6. The van der Waals surface area contributed by atoms with E-state index in [1.165, 1.54) is 11.8 Å². The minimum absolute atomic E-state index is 0.0131. The van der Waals surface area contributed by atoms with Crippen LogP contribution in [0.3, 0.4) is 0 Å². The molecule has 8 nitrogen and oxygen atoms in total. The van der Waals surface area contributed by atoms with Gasteiger partial charge in [0.2, 0.25) is 11.1 Å². The predicted molar refractivity (Wildman–Crippen MR) is 73.7 cm³/mol. The fraction of sp³-hybridized carbons (Fsp3) is 0.750. The van der Waals surface area contributed by atoms with Crippen molar-refractivity contribution in [1.82, 2.24) is 25.1 Å². The lowest BCUT2D eigenvalue weighted by molar-refractivity contribution is -0.149. The molecule has 1 saturated heterocycles. The topological polar surface area (TPSA) is 101 Å². The molecule has 2 heterocycles. The second-order valence-electron chi connectivity index (χ2n) is 5.61. The van der Waals surface area contributed by atoms with Gasteiger partial charge in [0.05, 0.1) is 17.7 Å². The molecule has 2 fully saturated rings. The number of carbonyl (C=O) groups excluding carboxylic acids is 1. The molecule has 1 amide bonds. The smallest absolute Gasteiger partial charge is 0.306 e. The lowest BCUT2D eigenvalue weighted by atomic mass is 9.87. The van der Waals surface area contributed by atoms with Gasteiger partial charge in [0.1, 0.15) is 0 Å². The third kappa shape index (κ3) is 3.02. The normalized spacial score (nSPS) is 20.1. The molecule has 9 heteroatoms. The predicted octanol–water partition coefficient (Wildman–Crippen LogP) is 0.279. The Morgan fingerprint density at radius 2 is 2.14 bits per heavy atom. The molecular formula is C12H17N5O3S. The largest absolute Gasteiger partial charge is 0.481 e. The zero-order valence-electron chi connectivity index (χ0n) is 11.7. The van der Waals surface area contributed by atoms with Crippen LogP contribution in [0.25, 0.3) is 0 Å². The molecule has 1 aliphatic carbocycles. The number of carboxylic acids is 1. The Morgan fingerprint density at radius 3 is 2.76 bits per heavy atom. The van der Waals surface area contributed by atoms with Crippen LogP contribution in [0.5, 0.6) is 0 Å². The Labute approximate surface area is 125 Å². The number of rotatable bonds is 6. The number of tetrazole rings is 1. The van der Waals surface area contributed by atoms with E-state index in [4.69, 9.17) is 5.11 Å². The molecule has 0 bridgehead atoms. The van der Waals surface area contributed by atoms with E-state index in [-0.39, 0.29) is 11.8 Å². The molecule has 3 rings (SSSR count). The van der Waals surface area contributed by atoms with E-state index >= 15 is 0 Å². The molecule has 2 aliphatic rings. The molecule has 1 aromatic heterocycles. The number of carbonyl (C=O) groups is 2. The average molecular weight is 311 g/mol. The van der Waals surface area contributed by atoms with Crippen molar-refractivity contribution in [3.05, 3.63) is 0 Å². The summed E-state index contributed by atoms with van der Waals surface area (Å²) in [5, 5.41) is 21.1. The van der Waals surface area contributed by atoms with Crippen LogP contribution in [-0.4, -0.2) is 60.9 Å². The maximum absolute atomic E-state index is 12.0. The first kappa shape index (κ1) is 14.3. The molecule has 1 aliphatic heterocycles. The number of hydrogen-bond donors (Lipinski definition) is 1. The molecule has 1 N–H and O–H groups in total. The number of nitrogens with zero attached hydrogens (tertiary/aromatic N) is 5. The summed E-state index contributed by atoms with van der Waals surface area (Å²) in [5.74, 6) is -0.831. The van der Waals surface area contributed by atoms with Crippen LogP contribution in [0.2, 0.25) is 0 Å². The van der Waals surface area contributed by atoms with Gasteiger partial charge in [-0.2, -0.15) is 0 Å². The Morgan fingerprint density at radius 1 is 1.43 bits per heavy atom. The first-order valence-electron chi connectivity index (χ1n) is 6.97. The van der Waals surface area contributed by atoms with Crippen LogP contribution in [-0.2, 0) is 9.59 Å². The summed E-state index contributed by atoms with van der Waals surface area (Å²) < 4.78 is 1.78. The van der Waals surface area contributed by atoms with Gasteiger partial charge in [-0.3, -0.25) is 9.59 Å². The van der Waals surface area contributed by atoms with E-state index in [2.05, 4.69) is 15.5 Å². The Kier molecular flexibility index (Phi) is 3.83. The lowest BCUT2D eigenvalue weighted by Gasteiger charge is -2.41. The number of aromatic nitrogens is 4. The third-order valence-corrected chi connectivity index (χ3v) is 4.96. The van der Waals surface area contributed by atoms with Crippen LogP contribution >= 0.6 is 11.8 Å². The van der Waals surface area contributed by atoms with Crippen molar-refractivity contribution in [1.29, 1.82) is 0 Å². The average Bonchev–Trinajstić information content (AvgIpc) is 3.13. The standard InChI is InChI=1S/C12H17N5O3S/c1-7(11(19)20)8-4-16(5-8)10(18)6-21-12-13-14-15-17(12)9-2-3-9/h7-9H,2-6H2,1H3,(H,19,20). The summed E-state index contributed by atoms with van der Waals surface area (Å²) in [6.45, 7) is 2.74. The van der Waals surface area contributed by atoms with Gasteiger partial charge in [0.25, 0.3) is 0 Å². The summed E-state index contributed by atoms with van der Waals surface area (Å²) in [6, 6.07) is 0.391. The van der Waals surface area contributed by atoms with E-state index in [1.807, 2.05) is 0 Å². The first-order chi connectivity index (χ1) is 10.1. The van der Waals surface area contributed by atoms with Crippen molar-refractivity contribution in [2.75, 3.05) is 18.8 Å². The number of hydrogen-bond acceptors (Lipinski definition) is 6. The van der Waals surface area contributed by atoms with Crippen molar-refractivity contribution in [3.8, 4) is 0 Å². The highest BCUT2D eigenvalue weighted by Gasteiger charge is 2.37. The van der Waals surface area contributed by atoms with E-state index in [9.17, 15) is 9.59 Å². The van der Waals surface area contributed by atoms with Crippen LogP contribution in [0, 0.1) is 11.8 Å². The SMILES string of the molecule is CC(C(=O)O)C1CN(C(=O)CSc2nnnn2C2CC2)C1.